The van der Waals surface area contributed by atoms with Crippen molar-refractivity contribution in [2.75, 3.05) is 0 Å². The Bertz CT molecular complexity index is 2860. The van der Waals surface area contributed by atoms with Crippen molar-refractivity contribution in [3.05, 3.63) is 162 Å². The van der Waals surface area contributed by atoms with E-state index in [4.69, 9.17) is 0 Å². The van der Waals surface area contributed by atoms with Crippen LogP contribution < -0.4 is 31.3 Å². The van der Waals surface area contributed by atoms with Crippen LogP contribution in [0.2, 0.25) is 0 Å². The van der Waals surface area contributed by atoms with Crippen molar-refractivity contribution in [1.29, 1.82) is 0 Å². The van der Waals surface area contributed by atoms with E-state index in [-0.39, 0.29) is 23.7 Å². The molecule has 4 unspecified atom stereocenters. The molecule has 0 aromatic heterocycles. The summed E-state index contributed by atoms with van der Waals surface area (Å²) in [5.41, 5.74) is 2.89. The molecule has 0 heterocycles. The van der Waals surface area contributed by atoms with Crippen LogP contribution in [0.25, 0.3) is 76.4 Å². The van der Waals surface area contributed by atoms with E-state index in [1.165, 1.54) is 85.5 Å². The van der Waals surface area contributed by atoms with E-state index in [0.717, 1.165) is 6.78 Å². The van der Waals surface area contributed by atoms with Crippen molar-refractivity contribution in [1.82, 2.24) is 0 Å². The lowest BCUT2D eigenvalue weighted by Crippen LogP contribution is -2.45. The van der Waals surface area contributed by atoms with E-state index in [0.29, 0.717) is 0 Å². The molecule has 7 aromatic carbocycles. The van der Waals surface area contributed by atoms with Gasteiger partial charge in [0, 0.05) is 28.9 Å². The molecule has 50 heavy (non-hydrogen) atoms. The van der Waals surface area contributed by atoms with Gasteiger partial charge >= 0.3 is 0 Å². The third-order valence-electron chi connectivity index (χ3n) is 11.2. The van der Waals surface area contributed by atoms with Gasteiger partial charge in [-0.05, 0) is 168 Å². The Kier molecular flexibility index (Phi) is 7.50. The minimum absolute atomic E-state index is 0.146. The maximum atomic E-state index is 3.98. The van der Waals surface area contributed by atoms with Crippen LogP contribution in [0.5, 0.6) is 0 Å². The maximum Gasteiger partial charge on any atom is 0.0688 e. The average molecular weight is 900 g/mol. The van der Waals surface area contributed by atoms with Crippen molar-refractivity contribution >= 4 is 140 Å². The molecule has 0 nitrogen and oxygen atoms in total. The van der Waals surface area contributed by atoms with Gasteiger partial charge in [-0.15, -0.1) is 0 Å². The van der Waals surface area contributed by atoms with Crippen molar-refractivity contribution < 1.29 is 0 Å². The van der Waals surface area contributed by atoms with Crippen LogP contribution in [-0.2, 0) is 0 Å². The fourth-order valence-corrected chi connectivity index (χ4v) is 11.0. The lowest BCUT2D eigenvalue weighted by atomic mass is 9.59. The molecule has 0 radical (unpaired) electrons. The Morgan fingerprint density at radius 3 is 1.08 bits per heavy atom. The van der Waals surface area contributed by atoms with Crippen molar-refractivity contribution in [2.24, 2.45) is 23.7 Å². The Morgan fingerprint density at radius 2 is 0.720 bits per heavy atom. The minimum Gasteiger partial charge on any atom is -0.0685 e. The fraction of sp³-hybridized carbons (Fsp3) is 0.0870. The maximum absolute atomic E-state index is 3.98. The molecular weight excluding hydrogens is 872 g/mol. The molecular formula is C46H28Br4. The normalized spacial score (nSPS) is 20.6. The SMILES string of the molecule is BrC(Br)=C1C2C=c3ccccc3=CC2C(=c2c3cc4ccccc4cc3c(=C(Br)Br)c3cc4ccccc4cc23)C2C=c3ccccc3=CC12. The number of allylic oxidation sites excluding steroid dienone is 1. The highest BCUT2D eigenvalue weighted by Crippen LogP contribution is 2.53. The topological polar surface area (TPSA) is 0 Å². The van der Waals surface area contributed by atoms with Gasteiger partial charge < -0.3 is 0 Å². The van der Waals surface area contributed by atoms with Gasteiger partial charge in [0.25, 0.3) is 0 Å². The minimum atomic E-state index is 0.146. The molecule has 0 N–H and O–H groups in total. The first-order valence-corrected chi connectivity index (χ1v) is 20.1. The molecule has 7 aromatic rings. The second-order valence-corrected chi connectivity index (χ2v) is 19.0. The molecule has 0 saturated heterocycles. The average Bonchev–Trinajstić information content (AvgIpc) is 3.13. The predicted octanol–water partition coefficient (Wildman–Crippen LogP) is 9.33. The quantitative estimate of drug-likeness (QED) is 0.133. The molecule has 4 atom stereocenters. The summed E-state index contributed by atoms with van der Waals surface area (Å²) in [6.07, 6.45) is 10.2. The number of hydrogen-bond donors (Lipinski definition) is 0. The van der Waals surface area contributed by atoms with Crippen LogP contribution in [0, 0.1) is 23.7 Å². The van der Waals surface area contributed by atoms with Gasteiger partial charge in [0.1, 0.15) is 0 Å². The highest BCUT2D eigenvalue weighted by Gasteiger charge is 2.44. The number of fused-ring (bicyclic) bond motifs is 8. The first kappa shape index (κ1) is 31.2. The molecule has 0 bridgehead atoms. The van der Waals surface area contributed by atoms with Crippen molar-refractivity contribution in [3.8, 4) is 0 Å². The molecule has 3 aliphatic rings. The summed E-state index contributed by atoms with van der Waals surface area (Å²) < 4.78 is 2.02. The van der Waals surface area contributed by atoms with Gasteiger partial charge in [-0.25, -0.2) is 0 Å². The Morgan fingerprint density at radius 1 is 0.380 bits per heavy atom. The Balaban J connectivity index is 1.52. The monoisotopic (exact) mass is 896 g/mol. The first-order valence-electron chi connectivity index (χ1n) is 16.9. The van der Waals surface area contributed by atoms with Gasteiger partial charge in [0.2, 0.25) is 0 Å². The van der Waals surface area contributed by atoms with Gasteiger partial charge in [-0.1, -0.05) is 121 Å². The number of benzene rings is 7. The van der Waals surface area contributed by atoms with Crippen LogP contribution in [0.15, 0.2) is 130 Å². The van der Waals surface area contributed by atoms with E-state index in [1.54, 1.807) is 0 Å². The van der Waals surface area contributed by atoms with Crippen LogP contribution >= 0.6 is 63.7 Å². The van der Waals surface area contributed by atoms with Crippen molar-refractivity contribution in [2.45, 2.75) is 0 Å². The zero-order valence-corrected chi connectivity index (χ0v) is 33.0. The molecule has 240 valence electrons. The van der Waals surface area contributed by atoms with Crippen molar-refractivity contribution in [3.63, 3.8) is 0 Å². The molecule has 1 fully saturated rings. The van der Waals surface area contributed by atoms with Gasteiger partial charge in [-0.3, -0.25) is 0 Å². The Hall–Kier alpha value is -3.54. The summed E-state index contributed by atoms with van der Waals surface area (Å²) in [5, 5.41) is 17.8. The van der Waals surface area contributed by atoms with Gasteiger partial charge in [0.15, 0.2) is 0 Å². The lowest BCUT2D eigenvalue weighted by molar-refractivity contribution is 0.510. The van der Waals surface area contributed by atoms with E-state index in [1.807, 2.05) is 0 Å². The number of rotatable bonds is 0. The lowest BCUT2D eigenvalue weighted by Gasteiger charge is -2.44. The summed E-state index contributed by atoms with van der Waals surface area (Å²) >= 11 is 15.8. The second-order valence-electron chi connectivity index (χ2n) is 13.7. The third kappa shape index (κ3) is 4.79. The van der Waals surface area contributed by atoms with Crippen LogP contribution in [0.4, 0.5) is 0 Å². The zero-order valence-electron chi connectivity index (χ0n) is 26.7. The van der Waals surface area contributed by atoms with Gasteiger partial charge in [0.05, 0.1) is 6.78 Å². The highest BCUT2D eigenvalue weighted by atomic mass is 79.9. The molecule has 0 spiro atoms. The fourth-order valence-electron chi connectivity index (χ4n) is 9.09. The summed E-state index contributed by atoms with van der Waals surface area (Å²) in [7, 11) is 0. The highest BCUT2D eigenvalue weighted by molar-refractivity contribution is 9.33. The predicted molar refractivity (Wildman–Crippen MR) is 228 cm³/mol. The van der Waals surface area contributed by atoms with Gasteiger partial charge in [-0.2, -0.15) is 0 Å². The summed E-state index contributed by atoms with van der Waals surface area (Å²) in [6, 6.07) is 45.0. The first-order chi connectivity index (χ1) is 24.4. The standard InChI is InChI=1S/C46H28Br4/c47-45(48)43-37-21-29-13-5-1-9-25(29)17-33(37)41(34-18-26-10-2-6-14-30(26)22-38(34)43)42-35-19-27-11-3-7-15-31(27)23-39(35)44(46(49)50)40-24-32-16-8-4-12-28(32)20-36(40)42/h1-24,33-34,37-38H. The number of halogens is 4. The molecule has 0 aliphatic heterocycles. The van der Waals surface area contributed by atoms with E-state index in [2.05, 4.69) is 209 Å². The van der Waals surface area contributed by atoms with Crippen LogP contribution in [0.1, 0.15) is 0 Å². The molecule has 0 amide bonds. The molecule has 3 aliphatic carbocycles. The second kappa shape index (κ2) is 12.0. The molecule has 10 rings (SSSR count). The Labute approximate surface area is 322 Å². The summed E-state index contributed by atoms with van der Waals surface area (Å²) in [4.78, 5) is 0. The number of hydrogen-bond acceptors (Lipinski definition) is 0. The zero-order chi connectivity index (χ0) is 33.7. The van der Waals surface area contributed by atoms with E-state index >= 15 is 0 Å². The summed E-state index contributed by atoms with van der Waals surface area (Å²) in [5.74, 6) is 0.635. The van der Waals surface area contributed by atoms with E-state index in [9.17, 15) is 0 Å². The smallest absolute Gasteiger partial charge is 0.0685 e. The third-order valence-corrected chi connectivity index (χ3v) is 12.9. The molecule has 4 heteroatoms. The van der Waals surface area contributed by atoms with E-state index < -0.39 is 0 Å². The largest absolute Gasteiger partial charge is 0.0688 e. The van der Waals surface area contributed by atoms with Crippen LogP contribution in [0.3, 0.4) is 0 Å². The van der Waals surface area contributed by atoms with Crippen LogP contribution in [-0.4, -0.2) is 0 Å². The summed E-state index contributed by atoms with van der Waals surface area (Å²) in [6.45, 7) is 0. The molecule has 1 saturated carbocycles.